The Kier molecular flexibility index (Phi) is 5.18. The normalized spacial score (nSPS) is 10.7. The van der Waals surface area contributed by atoms with Crippen LogP contribution in [0.2, 0.25) is 0 Å². The summed E-state index contributed by atoms with van der Waals surface area (Å²) >= 11 is 1.51. The highest BCUT2D eigenvalue weighted by molar-refractivity contribution is 7.14. The number of aromatic nitrogens is 2. The molecule has 0 aliphatic carbocycles. The largest absolute Gasteiger partial charge is 0.253 e. The summed E-state index contributed by atoms with van der Waals surface area (Å²) in [6.45, 7) is 0. The fourth-order valence-corrected chi connectivity index (χ4v) is 3.37. The maximum atomic E-state index is 9.19. The Labute approximate surface area is 166 Å². The molecule has 0 radical (unpaired) electrons. The van der Waals surface area contributed by atoms with Crippen molar-refractivity contribution in [2.45, 2.75) is 0 Å². The molecule has 0 atom stereocenters. The lowest BCUT2D eigenvalue weighted by atomic mass is 10.0. The number of hydrogen-bond donors (Lipinski definition) is 1. The van der Waals surface area contributed by atoms with Crippen LogP contribution in [0, 0.1) is 11.3 Å². The van der Waals surface area contributed by atoms with E-state index in [0.29, 0.717) is 5.69 Å². The molecule has 0 fully saturated rings. The number of anilines is 1. The van der Waals surface area contributed by atoms with E-state index in [-0.39, 0.29) is 0 Å². The second-order valence-electron chi connectivity index (χ2n) is 5.91. The third-order valence-corrected chi connectivity index (χ3v) is 4.83. The van der Waals surface area contributed by atoms with Crippen LogP contribution in [0.15, 0.2) is 83.4 Å². The van der Waals surface area contributed by atoms with Gasteiger partial charge in [-0.15, -0.1) is 11.3 Å². The van der Waals surface area contributed by atoms with Crippen LogP contribution in [0.4, 0.5) is 5.13 Å². The first kappa shape index (κ1) is 17.6. The molecule has 5 nitrogen and oxygen atoms in total. The minimum absolute atomic E-state index is 0.420. The summed E-state index contributed by atoms with van der Waals surface area (Å²) in [5.41, 5.74) is 8.11. The molecule has 0 aliphatic rings. The van der Waals surface area contributed by atoms with E-state index >= 15 is 0 Å². The average Bonchev–Trinajstić information content (AvgIpc) is 3.24. The average molecular weight is 381 g/mol. The van der Waals surface area contributed by atoms with Crippen molar-refractivity contribution >= 4 is 22.7 Å². The third kappa shape index (κ3) is 3.95. The van der Waals surface area contributed by atoms with Gasteiger partial charge in [0.2, 0.25) is 5.13 Å². The van der Waals surface area contributed by atoms with E-state index < -0.39 is 0 Å². The van der Waals surface area contributed by atoms with Crippen molar-refractivity contribution in [3.05, 3.63) is 89.6 Å². The van der Waals surface area contributed by atoms with E-state index in [1.54, 1.807) is 12.4 Å². The maximum Gasteiger partial charge on any atom is 0.203 e. The lowest BCUT2D eigenvalue weighted by Crippen LogP contribution is -1.91. The maximum absolute atomic E-state index is 9.19. The summed E-state index contributed by atoms with van der Waals surface area (Å²) in [5, 5.41) is 16.2. The van der Waals surface area contributed by atoms with Gasteiger partial charge in [-0.3, -0.25) is 5.43 Å². The van der Waals surface area contributed by atoms with Gasteiger partial charge in [0.05, 0.1) is 11.9 Å². The molecule has 0 spiro atoms. The lowest BCUT2D eigenvalue weighted by Gasteiger charge is -2.03. The van der Waals surface area contributed by atoms with Crippen molar-refractivity contribution in [3.8, 4) is 28.5 Å². The fraction of sp³-hybridized carbons (Fsp3) is 0. The van der Waals surface area contributed by atoms with Gasteiger partial charge in [0.15, 0.2) is 0 Å². The zero-order valence-corrected chi connectivity index (χ0v) is 15.6. The number of hydrogen-bond acceptors (Lipinski definition) is 6. The third-order valence-electron chi connectivity index (χ3n) is 4.08. The van der Waals surface area contributed by atoms with Crippen LogP contribution in [0.1, 0.15) is 11.3 Å². The number of nitrogens with one attached hydrogen (secondary N) is 1. The number of benzene rings is 2. The van der Waals surface area contributed by atoms with Crippen LogP contribution >= 0.6 is 11.3 Å². The molecule has 2 heterocycles. The number of nitrogens with zero attached hydrogens (tertiary/aromatic N) is 4. The van der Waals surface area contributed by atoms with Crippen LogP contribution in [-0.2, 0) is 0 Å². The van der Waals surface area contributed by atoms with Crippen LogP contribution in [0.3, 0.4) is 0 Å². The highest BCUT2D eigenvalue weighted by atomic mass is 32.1. The predicted octanol–water partition coefficient (Wildman–Crippen LogP) is 5.19. The molecule has 1 N–H and O–H groups in total. The number of hydrazone groups is 1. The summed E-state index contributed by atoms with van der Waals surface area (Å²) in [5.74, 6) is 0. The lowest BCUT2D eigenvalue weighted by molar-refractivity contribution is 1.26. The van der Waals surface area contributed by atoms with Crippen molar-refractivity contribution in [1.29, 1.82) is 5.26 Å². The molecule has 134 valence electrons. The van der Waals surface area contributed by atoms with Gasteiger partial charge in [0.1, 0.15) is 11.8 Å². The molecule has 0 saturated carbocycles. The molecule has 28 heavy (non-hydrogen) atoms. The molecule has 2 aromatic carbocycles. The van der Waals surface area contributed by atoms with E-state index in [4.69, 9.17) is 0 Å². The highest BCUT2D eigenvalue weighted by Crippen LogP contribution is 2.25. The van der Waals surface area contributed by atoms with Gasteiger partial charge in [-0.25, -0.2) is 9.97 Å². The Balaban J connectivity index is 1.43. The first-order valence-corrected chi connectivity index (χ1v) is 9.47. The Morgan fingerprint density at radius 1 is 0.964 bits per heavy atom. The first-order valence-electron chi connectivity index (χ1n) is 8.59. The molecule has 0 bridgehead atoms. The zero-order chi connectivity index (χ0) is 19.2. The topological polar surface area (TPSA) is 74.0 Å². The van der Waals surface area contributed by atoms with Crippen LogP contribution in [0.25, 0.3) is 22.4 Å². The summed E-state index contributed by atoms with van der Waals surface area (Å²) in [6.07, 6.45) is 3.36. The summed E-state index contributed by atoms with van der Waals surface area (Å²) in [6, 6.07) is 23.7. The van der Waals surface area contributed by atoms with Crippen LogP contribution in [-0.4, -0.2) is 16.2 Å². The predicted molar refractivity (Wildman–Crippen MR) is 113 cm³/mol. The molecule has 4 rings (SSSR count). The molecule has 0 aliphatic heterocycles. The SMILES string of the molecule is N#Cc1ncccc1-c1ccc(C=NNc2nc(-c3ccccc3)cs2)cc1. The highest BCUT2D eigenvalue weighted by Gasteiger charge is 2.05. The van der Waals surface area contributed by atoms with Gasteiger partial charge in [-0.2, -0.15) is 10.4 Å². The van der Waals surface area contributed by atoms with Crippen LogP contribution < -0.4 is 5.43 Å². The first-order chi connectivity index (χ1) is 13.8. The number of pyridine rings is 1. The monoisotopic (exact) mass is 381 g/mol. The second kappa shape index (κ2) is 8.25. The Bertz CT molecular complexity index is 1140. The molecule has 0 unspecified atom stereocenters. The summed E-state index contributed by atoms with van der Waals surface area (Å²) in [4.78, 5) is 8.64. The fourth-order valence-electron chi connectivity index (χ4n) is 2.70. The van der Waals surface area contributed by atoms with Crippen molar-refractivity contribution in [2.24, 2.45) is 5.10 Å². The van der Waals surface area contributed by atoms with Crippen LogP contribution in [0.5, 0.6) is 0 Å². The van der Waals surface area contributed by atoms with Gasteiger partial charge in [0, 0.05) is 22.7 Å². The molecular weight excluding hydrogens is 366 g/mol. The summed E-state index contributed by atoms with van der Waals surface area (Å²) in [7, 11) is 0. The van der Waals surface area contributed by atoms with Gasteiger partial charge in [-0.05, 0) is 23.3 Å². The smallest absolute Gasteiger partial charge is 0.203 e. The van der Waals surface area contributed by atoms with Gasteiger partial charge >= 0.3 is 0 Å². The Morgan fingerprint density at radius 2 is 1.79 bits per heavy atom. The molecule has 6 heteroatoms. The van der Waals surface area contributed by atoms with Crippen molar-refractivity contribution in [1.82, 2.24) is 9.97 Å². The van der Waals surface area contributed by atoms with Gasteiger partial charge in [-0.1, -0.05) is 54.6 Å². The van der Waals surface area contributed by atoms with Gasteiger partial charge < -0.3 is 0 Å². The van der Waals surface area contributed by atoms with Crippen molar-refractivity contribution in [2.75, 3.05) is 5.43 Å². The molecule has 4 aromatic rings. The Hall–Kier alpha value is -3.82. The van der Waals surface area contributed by atoms with E-state index in [2.05, 4.69) is 26.6 Å². The minimum Gasteiger partial charge on any atom is -0.253 e. The molecular formula is C22H15N5S. The second-order valence-corrected chi connectivity index (χ2v) is 6.77. The number of thiazole rings is 1. The van der Waals surface area contributed by atoms with E-state index in [9.17, 15) is 5.26 Å². The van der Waals surface area contributed by atoms with E-state index in [1.807, 2.05) is 72.1 Å². The molecule has 0 saturated heterocycles. The summed E-state index contributed by atoms with van der Waals surface area (Å²) < 4.78 is 0. The van der Waals surface area contributed by atoms with E-state index in [1.165, 1.54) is 11.3 Å². The zero-order valence-electron chi connectivity index (χ0n) is 14.8. The molecule has 2 aromatic heterocycles. The number of nitriles is 1. The minimum atomic E-state index is 0.420. The van der Waals surface area contributed by atoms with Crippen molar-refractivity contribution < 1.29 is 0 Å². The Morgan fingerprint density at radius 3 is 2.57 bits per heavy atom. The number of rotatable bonds is 5. The van der Waals surface area contributed by atoms with Gasteiger partial charge in [0.25, 0.3) is 0 Å². The van der Waals surface area contributed by atoms with Crippen molar-refractivity contribution in [3.63, 3.8) is 0 Å². The standard InChI is InChI=1S/C22H15N5S/c23-13-20-19(7-4-12-24-20)17-10-8-16(9-11-17)14-25-27-22-26-21(15-28-22)18-5-2-1-3-6-18/h1-12,14-15H,(H,26,27). The quantitative estimate of drug-likeness (QED) is 0.381. The van der Waals surface area contributed by atoms with E-state index in [0.717, 1.165) is 33.1 Å². The molecule has 0 amide bonds.